The topological polar surface area (TPSA) is 87.7 Å². The van der Waals surface area contributed by atoms with Gasteiger partial charge in [0.1, 0.15) is 5.75 Å². The summed E-state index contributed by atoms with van der Waals surface area (Å²) in [5.74, 6) is -1.17. The third kappa shape index (κ3) is 4.28. The number of amides is 3. The molecular formula is C19H18BrN3O4. The normalized spacial score (nSPS) is 16.1. The van der Waals surface area contributed by atoms with E-state index in [1.807, 2.05) is 24.3 Å². The fourth-order valence-corrected chi connectivity index (χ4v) is 3.14. The molecule has 1 aliphatic heterocycles. The molecule has 1 fully saturated rings. The van der Waals surface area contributed by atoms with E-state index < -0.39 is 17.7 Å². The van der Waals surface area contributed by atoms with Gasteiger partial charge in [0.25, 0.3) is 5.91 Å². The highest BCUT2D eigenvalue weighted by atomic mass is 79.9. The Balaban J connectivity index is 1.59. The van der Waals surface area contributed by atoms with Crippen molar-refractivity contribution in [1.29, 1.82) is 0 Å². The molecule has 8 heteroatoms. The molecule has 27 heavy (non-hydrogen) atoms. The van der Waals surface area contributed by atoms with Crippen molar-refractivity contribution in [2.75, 3.05) is 18.6 Å². The molecule has 0 unspecified atom stereocenters. The zero-order valence-corrected chi connectivity index (χ0v) is 16.2. The number of hydrogen-bond acceptors (Lipinski definition) is 4. The Morgan fingerprint density at radius 1 is 1.11 bits per heavy atom. The lowest BCUT2D eigenvalue weighted by atomic mass is 10.1. The number of hydrazine groups is 1. The molecule has 0 aliphatic carbocycles. The molecule has 1 heterocycles. The summed E-state index contributed by atoms with van der Waals surface area (Å²) in [5, 5.41) is 0. The van der Waals surface area contributed by atoms with Crippen LogP contribution >= 0.6 is 15.9 Å². The van der Waals surface area contributed by atoms with E-state index in [0.717, 1.165) is 10.2 Å². The van der Waals surface area contributed by atoms with E-state index in [9.17, 15) is 14.4 Å². The molecule has 2 aromatic carbocycles. The van der Waals surface area contributed by atoms with Crippen LogP contribution in [0.3, 0.4) is 0 Å². The molecule has 2 aromatic rings. The van der Waals surface area contributed by atoms with Gasteiger partial charge in [0.15, 0.2) is 0 Å². The SMILES string of the molecule is COc1ccccc1C(=O)NNC(=O)[C@@H]1CC(=O)N(c2ccc(Br)cc2)C1. The number of ether oxygens (including phenoxy) is 1. The number of anilines is 1. The predicted octanol–water partition coefficient (Wildman–Crippen LogP) is 2.27. The minimum Gasteiger partial charge on any atom is -0.496 e. The number of carbonyl (C=O) groups is 3. The molecule has 0 saturated carbocycles. The van der Waals surface area contributed by atoms with Crippen LogP contribution in [0.2, 0.25) is 0 Å². The number of methoxy groups -OCH3 is 1. The summed E-state index contributed by atoms with van der Waals surface area (Å²) < 4.78 is 6.04. The summed E-state index contributed by atoms with van der Waals surface area (Å²) in [6, 6.07) is 14.0. The average Bonchev–Trinajstić information content (AvgIpc) is 3.08. The van der Waals surface area contributed by atoms with E-state index in [4.69, 9.17) is 4.74 Å². The molecule has 1 atom stereocenters. The van der Waals surface area contributed by atoms with Crippen molar-refractivity contribution in [3.63, 3.8) is 0 Å². The van der Waals surface area contributed by atoms with Gasteiger partial charge < -0.3 is 9.64 Å². The Labute approximate surface area is 164 Å². The molecular weight excluding hydrogens is 414 g/mol. The number of para-hydroxylation sites is 1. The van der Waals surface area contributed by atoms with Gasteiger partial charge in [-0.25, -0.2) is 0 Å². The van der Waals surface area contributed by atoms with Gasteiger partial charge in [-0.2, -0.15) is 0 Å². The van der Waals surface area contributed by atoms with Gasteiger partial charge in [-0.15, -0.1) is 0 Å². The Bertz CT molecular complexity index is 870. The summed E-state index contributed by atoms with van der Waals surface area (Å²) in [7, 11) is 1.46. The van der Waals surface area contributed by atoms with E-state index in [2.05, 4.69) is 26.8 Å². The zero-order valence-electron chi connectivity index (χ0n) is 14.6. The van der Waals surface area contributed by atoms with Gasteiger partial charge in [-0.1, -0.05) is 28.1 Å². The second-order valence-electron chi connectivity index (χ2n) is 6.03. The van der Waals surface area contributed by atoms with Gasteiger partial charge in [0, 0.05) is 23.1 Å². The van der Waals surface area contributed by atoms with Gasteiger partial charge in [-0.3, -0.25) is 25.2 Å². The van der Waals surface area contributed by atoms with E-state index >= 15 is 0 Å². The van der Waals surface area contributed by atoms with E-state index in [0.29, 0.717) is 11.3 Å². The highest BCUT2D eigenvalue weighted by molar-refractivity contribution is 9.10. The van der Waals surface area contributed by atoms with Crippen molar-refractivity contribution < 1.29 is 19.1 Å². The van der Waals surface area contributed by atoms with Crippen LogP contribution in [0.4, 0.5) is 5.69 Å². The lowest BCUT2D eigenvalue weighted by Gasteiger charge is -2.17. The quantitative estimate of drug-likeness (QED) is 0.726. The molecule has 3 amide bonds. The van der Waals surface area contributed by atoms with Crippen LogP contribution in [0.25, 0.3) is 0 Å². The number of hydrogen-bond donors (Lipinski definition) is 2. The second kappa shape index (κ2) is 8.22. The first-order valence-electron chi connectivity index (χ1n) is 8.28. The first-order chi connectivity index (χ1) is 13.0. The fraction of sp³-hybridized carbons (Fsp3) is 0.211. The number of benzene rings is 2. The van der Waals surface area contributed by atoms with Crippen LogP contribution in [0.1, 0.15) is 16.8 Å². The van der Waals surface area contributed by atoms with Crippen LogP contribution in [0.5, 0.6) is 5.75 Å². The first-order valence-corrected chi connectivity index (χ1v) is 9.08. The Kier molecular flexibility index (Phi) is 5.75. The van der Waals surface area contributed by atoms with Gasteiger partial charge in [0.2, 0.25) is 11.8 Å². The largest absolute Gasteiger partial charge is 0.496 e. The van der Waals surface area contributed by atoms with Crippen LogP contribution in [-0.4, -0.2) is 31.4 Å². The number of rotatable bonds is 4. The standard InChI is InChI=1S/C19H18BrN3O4/c1-27-16-5-3-2-4-15(16)19(26)22-21-18(25)12-10-17(24)23(11-12)14-8-6-13(20)7-9-14/h2-9,12H,10-11H2,1H3,(H,21,25)(H,22,26)/t12-/m1/s1. The summed E-state index contributed by atoms with van der Waals surface area (Å²) >= 11 is 3.35. The highest BCUT2D eigenvalue weighted by Gasteiger charge is 2.35. The Morgan fingerprint density at radius 3 is 2.52 bits per heavy atom. The summed E-state index contributed by atoms with van der Waals surface area (Å²) in [4.78, 5) is 38.4. The zero-order chi connectivity index (χ0) is 19.4. The smallest absolute Gasteiger partial charge is 0.273 e. The predicted molar refractivity (Wildman–Crippen MR) is 103 cm³/mol. The molecule has 1 aliphatic rings. The number of halogens is 1. The highest BCUT2D eigenvalue weighted by Crippen LogP contribution is 2.26. The summed E-state index contributed by atoms with van der Waals surface area (Å²) in [5.41, 5.74) is 5.81. The summed E-state index contributed by atoms with van der Waals surface area (Å²) in [6.07, 6.45) is 0.0897. The van der Waals surface area contributed by atoms with Crippen molar-refractivity contribution in [2.45, 2.75) is 6.42 Å². The van der Waals surface area contributed by atoms with Crippen molar-refractivity contribution >= 4 is 39.3 Å². The van der Waals surface area contributed by atoms with Crippen molar-refractivity contribution in [3.8, 4) is 5.75 Å². The van der Waals surface area contributed by atoms with Crippen LogP contribution in [-0.2, 0) is 9.59 Å². The van der Waals surface area contributed by atoms with Gasteiger partial charge >= 0.3 is 0 Å². The van der Waals surface area contributed by atoms with E-state index in [1.54, 1.807) is 29.2 Å². The van der Waals surface area contributed by atoms with Crippen LogP contribution in [0, 0.1) is 5.92 Å². The second-order valence-corrected chi connectivity index (χ2v) is 6.94. The minimum atomic E-state index is -0.542. The monoisotopic (exact) mass is 431 g/mol. The molecule has 0 spiro atoms. The minimum absolute atomic E-state index is 0.0897. The Morgan fingerprint density at radius 2 is 1.81 bits per heavy atom. The third-order valence-electron chi connectivity index (χ3n) is 4.28. The maximum Gasteiger partial charge on any atom is 0.273 e. The number of nitrogens with zero attached hydrogens (tertiary/aromatic N) is 1. The average molecular weight is 432 g/mol. The maximum atomic E-state index is 12.4. The molecule has 0 bridgehead atoms. The van der Waals surface area contributed by atoms with Gasteiger partial charge in [0.05, 0.1) is 18.6 Å². The van der Waals surface area contributed by atoms with Crippen LogP contribution in [0.15, 0.2) is 53.0 Å². The fourth-order valence-electron chi connectivity index (χ4n) is 2.87. The van der Waals surface area contributed by atoms with Crippen LogP contribution < -0.4 is 20.5 Å². The van der Waals surface area contributed by atoms with Gasteiger partial charge in [-0.05, 0) is 36.4 Å². The lowest BCUT2D eigenvalue weighted by molar-refractivity contribution is -0.126. The third-order valence-corrected chi connectivity index (χ3v) is 4.81. The molecule has 0 radical (unpaired) electrons. The molecule has 2 N–H and O–H groups in total. The van der Waals surface area contributed by atoms with Crippen molar-refractivity contribution in [3.05, 3.63) is 58.6 Å². The van der Waals surface area contributed by atoms with Crippen molar-refractivity contribution in [2.24, 2.45) is 5.92 Å². The number of nitrogens with one attached hydrogen (secondary N) is 2. The molecule has 1 saturated heterocycles. The first kappa shape index (κ1) is 18.9. The Hall–Kier alpha value is -2.87. The molecule has 7 nitrogen and oxygen atoms in total. The number of carbonyl (C=O) groups excluding carboxylic acids is 3. The van der Waals surface area contributed by atoms with Crippen molar-refractivity contribution in [1.82, 2.24) is 10.9 Å². The maximum absolute atomic E-state index is 12.4. The molecule has 0 aromatic heterocycles. The lowest BCUT2D eigenvalue weighted by Crippen LogP contribution is -2.45. The molecule has 140 valence electrons. The molecule has 3 rings (SSSR count). The summed E-state index contributed by atoms with van der Waals surface area (Å²) in [6.45, 7) is 0.261. The van der Waals surface area contributed by atoms with E-state index in [1.165, 1.54) is 7.11 Å². The van der Waals surface area contributed by atoms with E-state index in [-0.39, 0.29) is 18.9 Å².